The molecule has 0 bridgehead atoms. The molecule has 1 aromatic rings. The number of aromatic nitrogens is 1. The predicted octanol–water partition coefficient (Wildman–Crippen LogP) is 2.11. The van der Waals surface area contributed by atoms with Gasteiger partial charge in [-0.3, -0.25) is 0 Å². The van der Waals surface area contributed by atoms with Gasteiger partial charge in [-0.1, -0.05) is 6.92 Å². The third-order valence-corrected chi connectivity index (χ3v) is 3.36. The first kappa shape index (κ1) is 14.2. The van der Waals surface area contributed by atoms with E-state index in [4.69, 9.17) is 9.84 Å². The summed E-state index contributed by atoms with van der Waals surface area (Å²) in [5.74, 6) is -0.0857. The Balaban J connectivity index is 2.08. The highest BCUT2D eigenvalue weighted by Crippen LogP contribution is 2.24. The van der Waals surface area contributed by atoms with Crippen molar-refractivity contribution in [2.45, 2.75) is 38.9 Å². The standard InChI is InChI=1S/C14H21FN2O2/c1-2-8-19-12-4-3-7-17(9-12)14-13(15)11(10-18)5-6-16-14/h5-6,12,18H,2-4,7-10H2,1H3. The number of piperidine rings is 1. The number of aliphatic hydroxyl groups excluding tert-OH is 1. The summed E-state index contributed by atoms with van der Waals surface area (Å²) < 4.78 is 19.9. The molecule has 4 nitrogen and oxygen atoms in total. The van der Waals surface area contributed by atoms with Crippen molar-refractivity contribution in [3.63, 3.8) is 0 Å². The van der Waals surface area contributed by atoms with E-state index in [0.29, 0.717) is 17.9 Å². The molecule has 2 heterocycles. The molecule has 1 aromatic heterocycles. The van der Waals surface area contributed by atoms with Crippen LogP contribution < -0.4 is 4.90 Å². The highest BCUT2D eigenvalue weighted by Gasteiger charge is 2.24. The smallest absolute Gasteiger partial charge is 0.171 e. The van der Waals surface area contributed by atoms with Crippen molar-refractivity contribution in [2.24, 2.45) is 0 Å². The highest BCUT2D eigenvalue weighted by atomic mass is 19.1. The van der Waals surface area contributed by atoms with Gasteiger partial charge >= 0.3 is 0 Å². The average Bonchev–Trinajstić information content (AvgIpc) is 2.45. The van der Waals surface area contributed by atoms with Crippen LogP contribution in [0.25, 0.3) is 0 Å². The van der Waals surface area contributed by atoms with Gasteiger partial charge in [0.1, 0.15) is 0 Å². The molecule has 106 valence electrons. The van der Waals surface area contributed by atoms with E-state index in [1.165, 1.54) is 6.07 Å². The van der Waals surface area contributed by atoms with E-state index in [1.807, 2.05) is 4.90 Å². The molecule has 1 fully saturated rings. The first-order valence-corrected chi connectivity index (χ1v) is 6.87. The van der Waals surface area contributed by atoms with E-state index in [1.54, 1.807) is 6.20 Å². The monoisotopic (exact) mass is 268 g/mol. The zero-order chi connectivity index (χ0) is 13.7. The quantitative estimate of drug-likeness (QED) is 0.888. The molecule has 1 atom stereocenters. The normalized spacial score (nSPS) is 19.7. The minimum absolute atomic E-state index is 0.146. The molecule has 1 unspecified atom stereocenters. The lowest BCUT2D eigenvalue weighted by Crippen LogP contribution is -2.40. The summed E-state index contributed by atoms with van der Waals surface area (Å²) in [6, 6.07) is 1.51. The molecule has 19 heavy (non-hydrogen) atoms. The van der Waals surface area contributed by atoms with E-state index in [0.717, 1.165) is 32.4 Å². The van der Waals surface area contributed by atoms with Crippen LogP contribution in [-0.2, 0) is 11.3 Å². The molecule has 5 heteroatoms. The van der Waals surface area contributed by atoms with Gasteiger partial charge in [0.25, 0.3) is 0 Å². The zero-order valence-electron chi connectivity index (χ0n) is 11.3. The summed E-state index contributed by atoms with van der Waals surface area (Å²) >= 11 is 0. The van der Waals surface area contributed by atoms with Crippen molar-refractivity contribution in [1.82, 2.24) is 4.98 Å². The molecule has 0 amide bonds. The lowest BCUT2D eigenvalue weighted by molar-refractivity contribution is 0.0438. The number of ether oxygens (including phenoxy) is 1. The number of nitrogens with zero attached hydrogens (tertiary/aromatic N) is 2. The number of hydrogen-bond donors (Lipinski definition) is 1. The molecule has 0 saturated carbocycles. The molecule has 0 aromatic carbocycles. The zero-order valence-corrected chi connectivity index (χ0v) is 11.3. The largest absolute Gasteiger partial charge is 0.392 e. The maximum absolute atomic E-state index is 14.1. The van der Waals surface area contributed by atoms with Crippen LogP contribution in [0.4, 0.5) is 10.2 Å². The lowest BCUT2D eigenvalue weighted by Gasteiger charge is -2.33. The number of rotatable bonds is 5. The van der Waals surface area contributed by atoms with Gasteiger partial charge in [0.15, 0.2) is 11.6 Å². The minimum Gasteiger partial charge on any atom is -0.392 e. The van der Waals surface area contributed by atoms with E-state index in [9.17, 15) is 4.39 Å². The number of anilines is 1. The van der Waals surface area contributed by atoms with Gasteiger partial charge in [0.05, 0.1) is 12.7 Å². The number of hydrogen-bond acceptors (Lipinski definition) is 4. The molecule has 1 aliphatic heterocycles. The SMILES string of the molecule is CCCOC1CCCN(c2nccc(CO)c2F)C1. The maximum atomic E-state index is 14.1. The van der Waals surface area contributed by atoms with Crippen LogP contribution in [0.15, 0.2) is 12.3 Å². The van der Waals surface area contributed by atoms with Gasteiger partial charge < -0.3 is 14.7 Å². The Kier molecular flexibility index (Phi) is 5.10. The van der Waals surface area contributed by atoms with Crippen molar-refractivity contribution in [3.8, 4) is 0 Å². The Morgan fingerprint density at radius 1 is 1.58 bits per heavy atom. The third kappa shape index (κ3) is 3.42. The molecule has 1 aliphatic rings. The Bertz CT molecular complexity index is 414. The van der Waals surface area contributed by atoms with Crippen molar-refractivity contribution < 1.29 is 14.2 Å². The second-order valence-electron chi connectivity index (χ2n) is 4.85. The Morgan fingerprint density at radius 2 is 2.42 bits per heavy atom. The Hall–Kier alpha value is -1.20. The molecular weight excluding hydrogens is 247 g/mol. The first-order chi connectivity index (χ1) is 9.26. The molecule has 0 aliphatic carbocycles. The average molecular weight is 268 g/mol. The van der Waals surface area contributed by atoms with Crippen LogP contribution >= 0.6 is 0 Å². The van der Waals surface area contributed by atoms with Gasteiger partial charge in [-0.2, -0.15) is 0 Å². The lowest BCUT2D eigenvalue weighted by atomic mass is 10.1. The second-order valence-corrected chi connectivity index (χ2v) is 4.85. The Labute approximate surface area is 113 Å². The van der Waals surface area contributed by atoms with Gasteiger partial charge in [-0.05, 0) is 25.3 Å². The molecule has 1 saturated heterocycles. The van der Waals surface area contributed by atoms with Gasteiger partial charge in [-0.25, -0.2) is 9.37 Å². The molecular formula is C14H21FN2O2. The molecule has 2 rings (SSSR count). The summed E-state index contributed by atoms with van der Waals surface area (Å²) in [5.41, 5.74) is 0.293. The van der Waals surface area contributed by atoms with E-state index in [2.05, 4.69) is 11.9 Å². The van der Waals surface area contributed by atoms with Crippen LogP contribution in [0.3, 0.4) is 0 Å². The van der Waals surface area contributed by atoms with Crippen molar-refractivity contribution >= 4 is 5.82 Å². The second kappa shape index (κ2) is 6.82. The summed E-state index contributed by atoms with van der Waals surface area (Å²) in [5, 5.41) is 9.10. The van der Waals surface area contributed by atoms with Crippen LogP contribution in [0, 0.1) is 5.82 Å². The molecule has 0 radical (unpaired) electrons. The fourth-order valence-corrected chi connectivity index (χ4v) is 2.36. The van der Waals surface area contributed by atoms with Crippen molar-refractivity contribution in [3.05, 3.63) is 23.6 Å². The predicted molar refractivity (Wildman–Crippen MR) is 71.6 cm³/mol. The minimum atomic E-state index is -0.416. The number of pyridine rings is 1. The summed E-state index contributed by atoms with van der Waals surface area (Å²) in [7, 11) is 0. The summed E-state index contributed by atoms with van der Waals surface area (Å²) in [6.45, 7) is 3.96. The van der Waals surface area contributed by atoms with Crippen molar-refractivity contribution in [2.75, 3.05) is 24.6 Å². The van der Waals surface area contributed by atoms with Crippen molar-refractivity contribution in [1.29, 1.82) is 0 Å². The fourth-order valence-electron chi connectivity index (χ4n) is 2.36. The van der Waals surface area contributed by atoms with E-state index >= 15 is 0 Å². The van der Waals surface area contributed by atoms with Gasteiger partial charge in [0.2, 0.25) is 0 Å². The third-order valence-electron chi connectivity index (χ3n) is 3.36. The van der Waals surface area contributed by atoms with Crippen LogP contribution in [0.2, 0.25) is 0 Å². The van der Waals surface area contributed by atoms with Gasteiger partial charge in [-0.15, -0.1) is 0 Å². The first-order valence-electron chi connectivity index (χ1n) is 6.87. The molecule has 1 N–H and O–H groups in total. The molecule has 0 spiro atoms. The van der Waals surface area contributed by atoms with E-state index < -0.39 is 5.82 Å². The van der Waals surface area contributed by atoms with Gasteiger partial charge in [0, 0.05) is 31.5 Å². The fraction of sp³-hybridized carbons (Fsp3) is 0.643. The van der Waals surface area contributed by atoms with Crippen LogP contribution in [-0.4, -0.2) is 35.9 Å². The van der Waals surface area contributed by atoms with Crippen LogP contribution in [0.1, 0.15) is 31.7 Å². The summed E-state index contributed by atoms with van der Waals surface area (Å²) in [6.07, 6.45) is 4.66. The number of aliphatic hydroxyl groups is 1. The maximum Gasteiger partial charge on any atom is 0.171 e. The number of halogens is 1. The Morgan fingerprint density at radius 3 is 3.16 bits per heavy atom. The topological polar surface area (TPSA) is 45.6 Å². The summed E-state index contributed by atoms with van der Waals surface area (Å²) in [4.78, 5) is 6.02. The highest BCUT2D eigenvalue weighted by molar-refractivity contribution is 5.43. The van der Waals surface area contributed by atoms with E-state index in [-0.39, 0.29) is 12.7 Å². The van der Waals surface area contributed by atoms with Crippen LogP contribution in [0.5, 0.6) is 0 Å².